The molecule has 0 spiro atoms. The van der Waals surface area contributed by atoms with Crippen LogP contribution >= 0.6 is 11.5 Å². The molecule has 0 saturated heterocycles. The van der Waals surface area contributed by atoms with Crippen molar-refractivity contribution >= 4 is 32.5 Å². The number of carboxylic acid groups (broad SMARTS) is 1. The van der Waals surface area contributed by atoms with E-state index in [1.807, 2.05) is 0 Å². The van der Waals surface area contributed by atoms with E-state index in [1.165, 1.54) is 30.5 Å². The average molecular weight is 315 g/mol. The maximum atomic E-state index is 12.0. The molecule has 2 rings (SSSR count). The number of sulfonamides is 1. The third-order valence-electron chi connectivity index (χ3n) is 2.09. The lowest BCUT2D eigenvalue weighted by Gasteiger charge is -2.06. The van der Waals surface area contributed by atoms with Gasteiger partial charge in [-0.05, 0) is 24.3 Å². The number of hydrogen-bond donors (Lipinski definition) is 2. The molecule has 106 valence electrons. The van der Waals surface area contributed by atoms with Gasteiger partial charge in [-0.2, -0.15) is 0 Å². The second kappa shape index (κ2) is 5.84. The van der Waals surface area contributed by atoms with Crippen LogP contribution < -0.4 is 9.46 Å². The summed E-state index contributed by atoms with van der Waals surface area (Å²) in [5, 5.41) is 12.3. The summed E-state index contributed by atoms with van der Waals surface area (Å²) in [6.45, 7) is -0.489. The Morgan fingerprint density at radius 1 is 1.35 bits per heavy atom. The fourth-order valence-corrected chi connectivity index (χ4v) is 2.95. The lowest BCUT2D eigenvalue weighted by molar-refractivity contribution is -0.139. The number of nitrogens with zero attached hydrogens (tertiary/aromatic N) is 2. The third-order valence-corrected chi connectivity index (χ3v) is 4.18. The maximum absolute atomic E-state index is 12.0. The van der Waals surface area contributed by atoms with E-state index in [-0.39, 0.29) is 10.6 Å². The van der Waals surface area contributed by atoms with E-state index in [1.54, 1.807) is 0 Å². The highest BCUT2D eigenvalue weighted by molar-refractivity contribution is 7.93. The first-order chi connectivity index (χ1) is 9.47. The lowest BCUT2D eigenvalue weighted by Crippen LogP contribution is -2.12. The zero-order valence-corrected chi connectivity index (χ0v) is 11.5. The van der Waals surface area contributed by atoms with Crippen LogP contribution in [0, 0.1) is 0 Å². The van der Waals surface area contributed by atoms with Crippen LogP contribution in [-0.2, 0) is 14.8 Å². The van der Waals surface area contributed by atoms with Gasteiger partial charge < -0.3 is 9.84 Å². The molecule has 1 heterocycles. The summed E-state index contributed by atoms with van der Waals surface area (Å²) in [6.07, 6.45) is 1.30. The Hall–Kier alpha value is -2.20. The molecule has 20 heavy (non-hydrogen) atoms. The number of aromatic nitrogens is 2. The molecule has 10 heteroatoms. The lowest BCUT2D eigenvalue weighted by atomic mass is 10.3. The van der Waals surface area contributed by atoms with Gasteiger partial charge in [0, 0.05) is 11.5 Å². The fourth-order valence-electron chi connectivity index (χ4n) is 1.26. The minimum Gasteiger partial charge on any atom is -0.482 e. The van der Waals surface area contributed by atoms with E-state index in [0.29, 0.717) is 5.00 Å². The number of anilines is 1. The Bertz CT molecular complexity index is 682. The van der Waals surface area contributed by atoms with Crippen molar-refractivity contribution in [3.8, 4) is 5.75 Å². The molecule has 0 bridgehead atoms. The molecule has 2 N–H and O–H groups in total. The highest BCUT2D eigenvalue weighted by Crippen LogP contribution is 2.20. The van der Waals surface area contributed by atoms with Crippen molar-refractivity contribution in [2.45, 2.75) is 4.90 Å². The molecule has 0 aliphatic heterocycles. The smallest absolute Gasteiger partial charge is 0.341 e. The quantitative estimate of drug-likeness (QED) is 0.809. The summed E-state index contributed by atoms with van der Waals surface area (Å²) >= 11 is 0.918. The Labute approximate surface area is 118 Å². The number of nitrogens with one attached hydrogen (secondary N) is 1. The van der Waals surface area contributed by atoms with Crippen LogP contribution in [0.15, 0.2) is 35.4 Å². The molecule has 1 aromatic carbocycles. The highest BCUT2D eigenvalue weighted by Gasteiger charge is 2.15. The zero-order chi connectivity index (χ0) is 14.6. The van der Waals surface area contributed by atoms with Crippen LogP contribution in [0.25, 0.3) is 0 Å². The zero-order valence-electron chi connectivity index (χ0n) is 9.88. The van der Waals surface area contributed by atoms with E-state index in [0.717, 1.165) is 11.5 Å². The number of carboxylic acids is 1. The topological polar surface area (TPSA) is 118 Å². The van der Waals surface area contributed by atoms with Gasteiger partial charge in [-0.25, -0.2) is 13.2 Å². The van der Waals surface area contributed by atoms with E-state index < -0.39 is 22.6 Å². The Balaban J connectivity index is 2.10. The number of rotatable bonds is 6. The third kappa shape index (κ3) is 3.65. The van der Waals surface area contributed by atoms with Crippen molar-refractivity contribution in [1.29, 1.82) is 0 Å². The molecule has 8 nitrogen and oxygen atoms in total. The monoisotopic (exact) mass is 315 g/mol. The molecule has 0 atom stereocenters. The van der Waals surface area contributed by atoms with E-state index in [9.17, 15) is 13.2 Å². The van der Waals surface area contributed by atoms with Crippen LogP contribution in [0.3, 0.4) is 0 Å². The molecule has 2 aromatic rings. The normalized spacial score (nSPS) is 11.0. The van der Waals surface area contributed by atoms with Gasteiger partial charge in [0.05, 0.1) is 11.1 Å². The van der Waals surface area contributed by atoms with Gasteiger partial charge >= 0.3 is 5.97 Å². The summed E-state index contributed by atoms with van der Waals surface area (Å²) in [4.78, 5) is 10.4. The summed E-state index contributed by atoms with van der Waals surface area (Å²) in [5.74, 6) is -0.841. The van der Waals surface area contributed by atoms with Gasteiger partial charge in [-0.1, -0.05) is 4.49 Å². The van der Waals surface area contributed by atoms with E-state index in [4.69, 9.17) is 9.84 Å². The maximum Gasteiger partial charge on any atom is 0.341 e. The van der Waals surface area contributed by atoms with Crippen molar-refractivity contribution in [1.82, 2.24) is 9.59 Å². The van der Waals surface area contributed by atoms with Crippen molar-refractivity contribution < 1.29 is 23.1 Å². The van der Waals surface area contributed by atoms with Crippen molar-refractivity contribution in [3.05, 3.63) is 30.5 Å². The van der Waals surface area contributed by atoms with Crippen molar-refractivity contribution in [2.75, 3.05) is 11.3 Å². The van der Waals surface area contributed by atoms with Gasteiger partial charge in [0.25, 0.3) is 10.0 Å². The molecular weight excluding hydrogens is 306 g/mol. The average Bonchev–Trinajstić information content (AvgIpc) is 2.89. The molecule has 0 amide bonds. The number of benzene rings is 1. The molecule has 0 radical (unpaired) electrons. The number of hydrogen-bond acceptors (Lipinski definition) is 7. The van der Waals surface area contributed by atoms with Crippen LogP contribution in [0.4, 0.5) is 5.00 Å². The van der Waals surface area contributed by atoms with Gasteiger partial charge in [0.1, 0.15) is 10.8 Å². The molecule has 0 saturated carbocycles. The number of carbonyl (C=O) groups is 1. The van der Waals surface area contributed by atoms with Crippen LogP contribution in [-0.4, -0.2) is 35.7 Å². The van der Waals surface area contributed by atoms with E-state index >= 15 is 0 Å². The van der Waals surface area contributed by atoms with Crippen LogP contribution in [0.5, 0.6) is 5.75 Å². The number of ether oxygens (including phenoxy) is 1. The Morgan fingerprint density at radius 2 is 2.05 bits per heavy atom. The minimum absolute atomic E-state index is 0.0218. The highest BCUT2D eigenvalue weighted by atomic mass is 32.2. The second-order valence-electron chi connectivity index (χ2n) is 3.54. The molecule has 0 aliphatic carbocycles. The SMILES string of the molecule is O=C(O)COc1ccc(S(=O)(=O)Nc2cnns2)cc1. The van der Waals surface area contributed by atoms with Gasteiger partial charge in [0.15, 0.2) is 6.61 Å². The second-order valence-corrected chi connectivity index (χ2v) is 6.01. The predicted octanol–water partition coefficient (Wildman–Crippen LogP) is 0.802. The summed E-state index contributed by atoms with van der Waals surface area (Å²) in [5.41, 5.74) is 0. The molecular formula is C10H9N3O5S2. The minimum atomic E-state index is -3.72. The first kappa shape index (κ1) is 14.2. The first-order valence-corrected chi connectivity index (χ1v) is 7.48. The van der Waals surface area contributed by atoms with Gasteiger partial charge in [0.2, 0.25) is 0 Å². The predicted molar refractivity (Wildman–Crippen MR) is 70.3 cm³/mol. The molecule has 0 aliphatic rings. The van der Waals surface area contributed by atoms with Crippen molar-refractivity contribution in [3.63, 3.8) is 0 Å². The Morgan fingerprint density at radius 3 is 2.60 bits per heavy atom. The van der Waals surface area contributed by atoms with Gasteiger partial charge in [-0.15, -0.1) is 5.10 Å². The summed E-state index contributed by atoms with van der Waals surface area (Å²) < 4.78 is 34.7. The Kier molecular flexibility index (Phi) is 4.15. The van der Waals surface area contributed by atoms with Crippen molar-refractivity contribution in [2.24, 2.45) is 0 Å². The summed E-state index contributed by atoms with van der Waals surface area (Å²) in [7, 11) is -3.72. The standard InChI is InChI=1S/C10H9N3O5S2/c14-10(15)6-18-7-1-3-8(4-2-7)20(16,17)12-9-5-11-13-19-9/h1-5,12H,6H2,(H,14,15). The summed E-state index contributed by atoms with van der Waals surface area (Å²) in [6, 6.07) is 5.38. The molecule has 0 unspecified atom stereocenters. The largest absolute Gasteiger partial charge is 0.482 e. The molecule has 1 aromatic heterocycles. The number of aliphatic carboxylic acids is 1. The first-order valence-electron chi connectivity index (χ1n) is 5.22. The van der Waals surface area contributed by atoms with Gasteiger partial charge in [-0.3, -0.25) is 4.72 Å². The van der Waals surface area contributed by atoms with E-state index in [2.05, 4.69) is 14.3 Å². The fraction of sp³-hybridized carbons (Fsp3) is 0.100. The van der Waals surface area contributed by atoms with Crippen LogP contribution in [0.2, 0.25) is 0 Å². The van der Waals surface area contributed by atoms with Crippen LogP contribution in [0.1, 0.15) is 0 Å². The molecule has 0 fully saturated rings.